The van der Waals surface area contributed by atoms with Crippen LogP contribution in [0.1, 0.15) is 30.4 Å². The normalized spacial score (nSPS) is 35.3. The van der Waals surface area contributed by atoms with E-state index in [4.69, 9.17) is 4.74 Å². The Morgan fingerprint density at radius 3 is 3.05 bits per heavy atom. The number of fused-ring (bicyclic) bond motifs is 1. The molecule has 0 radical (unpaired) electrons. The lowest BCUT2D eigenvalue weighted by atomic mass is 9.54. The molecular weight excluding hydrogens is 246 g/mol. The van der Waals surface area contributed by atoms with Crippen molar-refractivity contribution in [2.45, 2.75) is 37.1 Å². The first-order chi connectivity index (χ1) is 9.74. The van der Waals surface area contributed by atoms with Gasteiger partial charge in [0.1, 0.15) is 5.75 Å². The number of ether oxygens (including phenoxy) is 1. The summed E-state index contributed by atoms with van der Waals surface area (Å²) >= 11 is 0. The van der Waals surface area contributed by atoms with Gasteiger partial charge in [0.25, 0.3) is 0 Å². The number of rotatable bonds is 1. The summed E-state index contributed by atoms with van der Waals surface area (Å²) in [5, 5.41) is 0. The van der Waals surface area contributed by atoms with Crippen molar-refractivity contribution >= 4 is 0 Å². The minimum Gasteiger partial charge on any atom is -0.497 e. The van der Waals surface area contributed by atoms with Gasteiger partial charge >= 0.3 is 0 Å². The maximum Gasteiger partial charge on any atom is 0.119 e. The summed E-state index contributed by atoms with van der Waals surface area (Å²) in [4.78, 5) is 2.58. The van der Waals surface area contributed by atoms with Gasteiger partial charge in [-0.25, -0.2) is 0 Å². The average Bonchev–Trinajstić information content (AvgIpc) is 2.50. The molecule has 1 aliphatic heterocycles. The number of methoxy groups -OCH3 is 1. The molecule has 2 aliphatic carbocycles. The van der Waals surface area contributed by atoms with E-state index in [1.807, 2.05) is 0 Å². The Morgan fingerprint density at radius 2 is 2.20 bits per heavy atom. The van der Waals surface area contributed by atoms with E-state index in [0.717, 1.165) is 5.75 Å². The molecule has 3 aliphatic rings. The topological polar surface area (TPSA) is 12.5 Å². The zero-order valence-corrected chi connectivity index (χ0v) is 12.4. The van der Waals surface area contributed by atoms with E-state index in [1.165, 1.54) is 32.2 Å². The van der Waals surface area contributed by atoms with Crippen LogP contribution in [0.25, 0.3) is 0 Å². The molecule has 2 nitrogen and oxygen atoms in total. The predicted octanol–water partition coefficient (Wildman–Crippen LogP) is 3.16. The van der Waals surface area contributed by atoms with E-state index >= 15 is 0 Å². The van der Waals surface area contributed by atoms with Crippen molar-refractivity contribution in [1.82, 2.24) is 4.90 Å². The number of hydrogen-bond donors (Lipinski definition) is 0. The Hall–Kier alpha value is -1.28. The minimum absolute atomic E-state index is 0.369. The third-order valence-electron chi connectivity index (χ3n) is 5.91. The smallest absolute Gasteiger partial charge is 0.119 e. The highest BCUT2D eigenvalue weighted by Crippen LogP contribution is 2.54. The Bertz CT molecular complexity index is 565. The molecule has 0 spiro atoms. The summed E-state index contributed by atoms with van der Waals surface area (Å²) in [5.41, 5.74) is 3.50. The van der Waals surface area contributed by atoms with Gasteiger partial charge in [0, 0.05) is 17.4 Å². The van der Waals surface area contributed by atoms with Gasteiger partial charge in [-0.15, -0.1) is 0 Å². The molecular formula is C18H23NO. The molecule has 1 aromatic carbocycles. The van der Waals surface area contributed by atoms with Crippen LogP contribution in [0.3, 0.4) is 0 Å². The lowest BCUT2D eigenvalue weighted by molar-refractivity contribution is 0.0476. The molecule has 1 fully saturated rings. The Morgan fingerprint density at radius 1 is 1.30 bits per heavy atom. The van der Waals surface area contributed by atoms with E-state index < -0.39 is 0 Å². The molecule has 1 aromatic rings. The van der Waals surface area contributed by atoms with E-state index in [9.17, 15) is 0 Å². The number of nitrogens with zero attached hydrogens (tertiary/aromatic N) is 1. The van der Waals surface area contributed by atoms with Gasteiger partial charge in [0.05, 0.1) is 7.11 Å². The monoisotopic (exact) mass is 269 g/mol. The van der Waals surface area contributed by atoms with Gasteiger partial charge in [-0.1, -0.05) is 18.2 Å². The first-order valence-electron chi connectivity index (χ1n) is 7.79. The highest BCUT2D eigenvalue weighted by atomic mass is 16.5. The number of likely N-dealkylation sites (N-methyl/N-ethyl adjacent to an activating group) is 1. The van der Waals surface area contributed by atoms with Crippen molar-refractivity contribution in [2.24, 2.45) is 5.92 Å². The molecule has 2 heteroatoms. The van der Waals surface area contributed by atoms with Crippen molar-refractivity contribution < 1.29 is 4.74 Å². The van der Waals surface area contributed by atoms with Gasteiger partial charge < -0.3 is 9.64 Å². The van der Waals surface area contributed by atoms with Crippen LogP contribution >= 0.6 is 0 Å². The maximum absolute atomic E-state index is 5.49. The van der Waals surface area contributed by atoms with Crippen molar-refractivity contribution in [3.8, 4) is 5.75 Å². The van der Waals surface area contributed by atoms with Crippen LogP contribution in [0.4, 0.5) is 0 Å². The van der Waals surface area contributed by atoms with Crippen molar-refractivity contribution in [3.05, 3.63) is 41.5 Å². The predicted molar refractivity (Wildman–Crippen MR) is 81.3 cm³/mol. The minimum atomic E-state index is 0.369. The molecule has 0 saturated carbocycles. The fourth-order valence-electron chi connectivity index (χ4n) is 4.82. The highest BCUT2D eigenvalue weighted by molar-refractivity contribution is 5.47. The molecule has 3 atom stereocenters. The number of likely N-dealkylation sites (tertiary alicyclic amines) is 1. The third-order valence-corrected chi connectivity index (χ3v) is 5.91. The molecule has 0 aromatic heterocycles. The fourth-order valence-corrected chi connectivity index (χ4v) is 4.82. The summed E-state index contributed by atoms with van der Waals surface area (Å²) in [5.74, 6) is 1.71. The van der Waals surface area contributed by atoms with Gasteiger partial charge in [0.2, 0.25) is 0 Å². The molecule has 2 bridgehead atoms. The number of benzene rings is 1. The Balaban J connectivity index is 1.91. The van der Waals surface area contributed by atoms with Crippen LogP contribution in [0.2, 0.25) is 0 Å². The van der Waals surface area contributed by atoms with Crippen LogP contribution < -0.4 is 4.74 Å². The number of piperidine rings is 1. The largest absolute Gasteiger partial charge is 0.497 e. The Labute approximate surface area is 121 Å². The van der Waals surface area contributed by atoms with E-state index in [0.29, 0.717) is 17.4 Å². The zero-order chi connectivity index (χ0) is 13.7. The van der Waals surface area contributed by atoms with Crippen molar-refractivity contribution in [2.75, 3.05) is 20.7 Å². The van der Waals surface area contributed by atoms with Gasteiger partial charge in [-0.05, 0) is 62.5 Å². The second-order valence-corrected chi connectivity index (χ2v) is 6.67. The lowest BCUT2D eigenvalue weighted by Gasteiger charge is -2.56. The summed E-state index contributed by atoms with van der Waals surface area (Å²) in [6.07, 6.45) is 9.91. The van der Waals surface area contributed by atoms with Crippen LogP contribution in [0.15, 0.2) is 30.4 Å². The van der Waals surface area contributed by atoms with Crippen LogP contribution in [0, 0.1) is 5.92 Å². The van der Waals surface area contributed by atoms with E-state index in [2.05, 4.69) is 42.3 Å². The molecule has 106 valence electrons. The zero-order valence-electron chi connectivity index (χ0n) is 12.4. The van der Waals surface area contributed by atoms with Crippen LogP contribution in [-0.2, 0) is 11.8 Å². The molecule has 1 saturated heterocycles. The molecule has 0 N–H and O–H groups in total. The van der Waals surface area contributed by atoms with E-state index in [1.54, 1.807) is 18.2 Å². The van der Waals surface area contributed by atoms with Crippen LogP contribution in [0.5, 0.6) is 5.75 Å². The summed E-state index contributed by atoms with van der Waals surface area (Å²) in [6, 6.07) is 7.44. The lowest BCUT2D eigenvalue weighted by Crippen LogP contribution is -2.58. The summed E-state index contributed by atoms with van der Waals surface area (Å²) in [6.45, 7) is 1.23. The SMILES string of the molecule is COc1ccc2c(c1)[C@@]13CCC=C[C@@H]1[C@@H](C2)N(C)CC3. The van der Waals surface area contributed by atoms with Gasteiger partial charge in [0.15, 0.2) is 0 Å². The first-order valence-corrected chi connectivity index (χ1v) is 7.79. The number of allylic oxidation sites excluding steroid dienone is 1. The fraction of sp³-hybridized carbons (Fsp3) is 0.556. The number of hydrogen-bond acceptors (Lipinski definition) is 2. The second-order valence-electron chi connectivity index (χ2n) is 6.67. The summed E-state index contributed by atoms with van der Waals surface area (Å²) < 4.78 is 5.49. The molecule has 0 amide bonds. The second kappa shape index (κ2) is 4.36. The maximum atomic E-state index is 5.49. The molecule has 20 heavy (non-hydrogen) atoms. The van der Waals surface area contributed by atoms with Gasteiger partial charge in [-0.2, -0.15) is 0 Å². The molecule has 1 heterocycles. The highest BCUT2D eigenvalue weighted by Gasteiger charge is 2.51. The molecule has 0 unspecified atom stereocenters. The van der Waals surface area contributed by atoms with Gasteiger partial charge in [-0.3, -0.25) is 0 Å². The molecule has 4 rings (SSSR count). The van der Waals surface area contributed by atoms with Crippen molar-refractivity contribution in [3.63, 3.8) is 0 Å². The Kier molecular flexibility index (Phi) is 2.71. The third kappa shape index (κ3) is 1.54. The quantitative estimate of drug-likeness (QED) is 0.726. The average molecular weight is 269 g/mol. The first kappa shape index (κ1) is 12.5. The standard InChI is InChI=1S/C18H23NO/c1-19-10-9-18-8-4-3-5-15(18)17(19)11-13-6-7-14(20-2)12-16(13)18/h3,5-7,12,15,17H,4,8-11H2,1-2H3/t15-,17-,18-/m1/s1. The summed E-state index contributed by atoms with van der Waals surface area (Å²) in [7, 11) is 4.07. The van der Waals surface area contributed by atoms with Crippen molar-refractivity contribution in [1.29, 1.82) is 0 Å². The van der Waals surface area contributed by atoms with E-state index in [-0.39, 0.29) is 0 Å². The van der Waals surface area contributed by atoms with Crippen LogP contribution in [-0.4, -0.2) is 31.6 Å².